The standard InChI is InChI=1S/C64H41NO2/c1-2-14-42(15-3-1)46-18-12-19-48(38-46)65(58-25-13-27-60-61(58)52-23-9-11-26-59(52)66-60)40-41-28-30-43(31-29-41)47-34-35-55-53(39-47)51-22-8-10-24-54(51)64(55)56-36-32-44-16-4-6-20-49(44)62(56)67-63-50-21-7-5-17-45(50)33-37-57(63)64/h1-39H,40H2. The average molecular weight is 856 g/mol. The third-order valence-corrected chi connectivity index (χ3v) is 14.4. The molecule has 2 aliphatic rings. The van der Waals surface area contributed by atoms with Crippen molar-refractivity contribution in [2.75, 3.05) is 4.90 Å². The van der Waals surface area contributed by atoms with E-state index in [-0.39, 0.29) is 0 Å². The minimum Gasteiger partial charge on any atom is -0.456 e. The van der Waals surface area contributed by atoms with Gasteiger partial charge in [-0.1, -0.05) is 200 Å². The summed E-state index contributed by atoms with van der Waals surface area (Å²) in [6.45, 7) is 0.668. The molecule has 0 radical (unpaired) electrons. The number of hydrogen-bond acceptors (Lipinski definition) is 3. The van der Waals surface area contributed by atoms with Gasteiger partial charge in [-0.05, 0) is 97.2 Å². The highest BCUT2D eigenvalue weighted by molar-refractivity contribution is 6.12. The molecular weight excluding hydrogens is 815 g/mol. The molecule has 0 saturated carbocycles. The molecule has 14 rings (SSSR count). The van der Waals surface area contributed by atoms with Gasteiger partial charge in [0.1, 0.15) is 22.7 Å². The third kappa shape index (κ3) is 5.65. The van der Waals surface area contributed by atoms with Crippen molar-refractivity contribution in [3.05, 3.63) is 264 Å². The second-order valence-corrected chi connectivity index (χ2v) is 17.9. The maximum absolute atomic E-state index is 7.16. The zero-order valence-corrected chi connectivity index (χ0v) is 36.5. The molecule has 0 saturated heterocycles. The summed E-state index contributed by atoms with van der Waals surface area (Å²) in [5.41, 5.74) is 16.8. The molecule has 3 nitrogen and oxygen atoms in total. The minimum atomic E-state index is -0.574. The summed E-state index contributed by atoms with van der Waals surface area (Å²) in [5.74, 6) is 1.87. The summed E-state index contributed by atoms with van der Waals surface area (Å²) in [4.78, 5) is 2.44. The zero-order valence-electron chi connectivity index (χ0n) is 36.5. The van der Waals surface area contributed by atoms with Gasteiger partial charge in [0.2, 0.25) is 0 Å². The van der Waals surface area contributed by atoms with Gasteiger partial charge in [0, 0.05) is 39.5 Å². The molecule has 67 heavy (non-hydrogen) atoms. The van der Waals surface area contributed by atoms with Crippen LogP contribution in [0.1, 0.15) is 27.8 Å². The van der Waals surface area contributed by atoms with Crippen LogP contribution < -0.4 is 9.64 Å². The minimum absolute atomic E-state index is 0.574. The second-order valence-electron chi connectivity index (χ2n) is 17.9. The van der Waals surface area contributed by atoms with E-state index < -0.39 is 5.41 Å². The quantitative estimate of drug-likeness (QED) is 0.167. The number of hydrogen-bond donors (Lipinski definition) is 0. The van der Waals surface area contributed by atoms with Gasteiger partial charge < -0.3 is 14.1 Å². The highest BCUT2D eigenvalue weighted by Crippen LogP contribution is 2.64. The first-order valence-corrected chi connectivity index (χ1v) is 23.1. The molecule has 1 aliphatic carbocycles. The lowest BCUT2D eigenvalue weighted by molar-refractivity contribution is 0.447. The molecule has 0 amide bonds. The molecule has 0 fully saturated rings. The van der Waals surface area contributed by atoms with E-state index in [1.165, 1.54) is 72.0 Å². The van der Waals surface area contributed by atoms with E-state index in [9.17, 15) is 0 Å². The first-order valence-electron chi connectivity index (χ1n) is 23.1. The molecule has 1 aliphatic heterocycles. The predicted molar refractivity (Wildman–Crippen MR) is 276 cm³/mol. The van der Waals surface area contributed by atoms with Crippen LogP contribution in [0.4, 0.5) is 11.4 Å². The first-order chi connectivity index (χ1) is 33.2. The Morgan fingerprint density at radius 3 is 1.72 bits per heavy atom. The van der Waals surface area contributed by atoms with E-state index in [0.29, 0.717) is 6.54 Å². The number of para-hydroxylation sites is 1. The van der Waals surface area contributed by atoms with Crippen molar-refractivity contribution in [2.24, 2.45) is 0 Å². The van der Waals surface area contributed by atoms with Crippen LogP contribution in [0.2, 0.25) is 0 Å². The Morgan fingerprint density at radius 1 is 0.373 bits per heavy atom. The maximum Gasteiger partial charge on any atom is 0.140 e. The molecule has 0 N–H and O–H groups in total. The highest BCUT2D eigenvalue weighted by Gasteiger charge is 2.51. The lowest BCUT2D eigenvalue weighted by Gasteiger charge is -2.40. The number of furan rings is 1. The molecule has 314 valence electrons. The fourth-order valence-electron chi connectivity index (χ4n) is 11.4. The van der Waals surface area contributed by atoms with E-state index >= 15 is 0 Å². The van der Waals surface area contributed by atoms with Crippen LogP contribution in [0.3, 0.4) is 0 Å². The van der Waals surface area contributed by atoms with E-state index in [1.807, 2.05) is 6.07 Å². The van der Waals surface area contributed by atoms with Crippen molar-refractivity contribution in [3.8, 4) is 44.9 Å². The van der Waals surface area contributed by atoms with Gasteiger partial charge in [0.15, 0.2) is 0 Å². The molecule has 2 heterocycles. The van der Waals surface area contributed by atoms with Crippen LogP contribution in [0, 0.1) is 0 Å². The third-order valence-electron chi connectivity index (χ3n) is 14.4. The van der Waals surface area contributed by atoms with E-state index in [1.54, 1.807) is 0 Å². The van der Waals surface area contributed by atoms with Crippen molar-refractivity contribution in [3.63, 3.8) is 0 Å². The molecule has 12 aromatic rings. The number of anilines is 2. The summed E-state index contributed by atoms with van der Waals surface area (Å²) in [6.07, 6.45) is 0. The number of ether oxygens (including phenoxy) is 1. The predicted octanol–water partition coefficient (Wildman–Crippen LogP) is 17.0. The Bertz CT molecular complexity index is 3850. The smallest absolute Gasteiger partial charge is 0.140 e. The van der Waals surface area contributed by atoms with Gasteiger partial charge in [-0.2, -0.15) is 0 Å². The fraction of sp³-hybridized carbons (Fsp3) is 0.0312. The van der Waals surface area contributed by atoms with Crippen molar-refractivity contribution >= 4 is 54.9 Å². The molecule has 3 heteroatoms. The Balaban J connectivity index is 0.893. The van der Waals surface area contributed by atoms with Crippen molar-refractivity contribution in [2.45, 2.75) is 12.0 Å². The van der Waals surface area contributed by atoms with Crippen molar-refractivity contribution in [1.29, 1.82) is 0 Å². The molecule has 1 spiro atoms. The summed E-state index contributed by atoms with van der Waals surface area (Å²) in [6, 6.07) is 85.9. The van der Waals surface area contributed by atoms with E-state index in [4.69, 9.17) is 9.15 Å². The molecule has 0 unspecified atom stereocenters. The van der Waals surface area contributed by atoms with Gasteiger partial charge in [0.05, 0.1) is 16.5 Å². The monoisotopic (exact) mass is 855 g/mol. The zero-order chi connectivity index (χ0) is 44.1. The first kappa shape index (κ1) is 37.7. The molecule has 1 aromatic heterocycles. The SMILES string of the molecule is c1ccc(-c2cccc(N(Cc3ccc(-c4ccc5c(c4)-c4ccccc4C54c5ccc6ccccc6c5Oc5c4ccc4ccccc54)cc3)c3cccc4oc5ccccc5c34)c2)cc1. The van der Waals surface area contributed by atoms with Gasteiger partial charge in [-0.15, -0.1) is 0 Å². The normalized spacial score (nSPS) is 13.1. The molecule has 11 aromatic carbocycles. The van der Waals surface area contributed by atoms with Crippen LogP contribution >= 0.6 is 0 Å². The van der Waals surface area contributed by atoms with Crippen molar-refractivity contribution < 1.29 is 9.15 Å². The second kappa shape index (κ2) is 14.7. The Hall–Kier alpha value is -8.66. The molecular formula is C64H41NO2. The Kier molecular flexibility index (Phi) is 8.26. The Morgan fingerprint density at radius 2 is 0.940 bits per heavy atom. The Labute approximate surface area is 388 Å². The summed E-state index contributed by atoms with van der Waals surface area (Å²) >= 11 is 0. The fourth-order valence-corrected chi connectivity index (χ4v) is 11.4. The number of rotatable bonds is 6. The summed E-state index contributed by atoms with van der Waals surface area (Å²) < 4.78 is 13.6. The van der Waals surface area contributed by atoms with Gasteiger partial charge in [-0.3, -0.25) is 0 Å². The number of fused-ring (bicyclic) bond motifs is 16. The van der Waals surface area contributed by atoms with Gasteiger partial charge >= 0.3 is 0 Å². The molecule has 0 bridgehead atoms. The lowest BCUT2D eigenvalue weighted by Crippen LogP contribution is -2.32. The lowest BCUT2D eigenvalue weighted by atomic mass is 9.65. The highest BCUT2D eigenvalue weighted by atomic mass is 16.5. The maximum atomic E-state index is 7.16. The summed E-state index contributed by atoms with van der Waals surface area (Å²) in [5, 5.41) is 6.81. The molecule has 0 atom stereocenters. The van der Waals surface area contributed by atoms with Crippen LogP contribution in [0.5, 0.6) is 11.5 Å². The largest absolute Gasteiger partial charge is 0.456 e. The van der Waals surface area contributed by atoms with Crippen molar-refractivity contribution in [1.82, 2.24) is 0 Å². The summed E-state index contributed by atoms with van der Waals surface area (Å²) in [7, 11) is 0. The van der Waals surface area contributed by atoms with E-state index in [2.05, 4.69) is 235 Å². The van der Waals surface area contributed by atoms with Crippen LogP contribution in [-0.4, -0.2) is 0 Å². The topological polar surface area (TPSA) is 25.6 Å². The van der Waals surface area contributed by atoms with Crippen LogP contribution in [0.25, 0.3) is 76.9 Å². The number of benzene rings is 11. The van der Waals surface area contributed by atoms with Gasteiger partial charge in [-0.25, -0.2) is 0 Å². The number of nitrogens with zero attached hydrogens (tertiary/aromatic N) is 1. The van der Waals surface area contributed by atoms with Gasteiger partial charge in [0.25, 0.3) is 0 Å². The van der Waals surface area contributed by atoms with E-state index in [0.717, 1.165) is 55.6 Å². The van der Waals surface area contributed by atoms with Crippen LogP contribution in [0.15, 0.2) is 241 Å². The average Bonchev–Trinajstić information content (AvgIpc) is 3.92. The van der Waals surface area contributed by atoms with Crippen LogP contribution in [-0.2, 0) is 12.0 Å².